The first kappa shape index (κ1) is 47.1. The Bertz CT molecular complexity index is 2210. The van der Waals surface area contributed by atoms with Crippen molar-refractivity contribution < 1.29 is 16.8 Å². The van der Waals surface area contributed by atoms with Gasteiger partial charge in [0, 0.05) is 51.7 Å². The van der Waals surface area contributed by atoms with Gasteiger partial charge >= 0.3 is 10.4 Å². The molecule has 0 fully saturated rings. The lowest BCUT2D eigenvalue weighted by Crippen LogP contribution is -2.24. The van der Waals surface area contributed by atoms with E-state index in [1.165, 1.54) is 9.36 Å². The Kier molecular flexibility index (Phi) is 14.0. The topological polar surface area (TPSA) is 243 Å². The highest BCUT2D eigenvalue weighted by atomic mass is 32.3. The number of hydrogen-bond acceptors (Lipinski definition) is 18. The van der Waals surface area contributed by atoms with Gasteiger partial charge in [-0.1, -0.05) is 31.3 Å². The summed E-state index contributed by atoms with van der Waals surface area (Å²) in [5.41, 5.74) is 3.64. The molecule has 0 bridgehead atoms. The summed E-state index contributed by atoms with van der Waals surface area (Å²) in [7, 11) is -4.32. The minimum absolute atomic E-state index is 0.122. The van der Waals surface area contributed by atoms with Crippen LogP contribution in [0.4, 0.5) is 0 Å². The van der Waals surface area contributed by atoms with Crippen molar-refractivity contribution >= 4 is 10.4 Å². The third-order valence-corrected chi connectivity index (χ3v) is 10.4. The van der Waals surface area contributed by atoms with E-state index in [0.29, 0.717) is 50.7 Å². The van der Waals surface area contributed by atoms with Gasteiger partial charge in [0.2, 0.25) is 0 Å². The van der Waals surface area contributed by atoms with Crippen LogP contribution in [-0.2, 0) is 93.3 Å². The van der Waals surface area contributed by atoms with Gasteiger partial charge in [0.1, 0.15) is 0 Å². The Morgan fingerprint density at radius 1 is 0.413 bits per heavy atom. The summed E-state index contributed by atoms with van der Waals surface area (Å²) in [4.78, 5) is 4.24. The zero-order valence-corrected chi connectivity index (χ0v) is 39.3. The predicted octanol–water partition coefficient (Wildman–Crippen LogP) is 2.64. The fourth-order valence-electron chi connectivity index (χ4n) is 6.04. The van der Waals surface area contributed by atoms with Crippen molar-refractivity contribution in [2.75, 3.05) is 13.2 Å². The third-order valence-electron chi connectivity index (χ3n) is 9.49. The first-order valence-corrected chi connectivity index (χ1v) is 22.1. The molecule has 63 heavy (non-hydrogen) atoms. The lowest BCUT2D eigenvalue weighted by molar-refractivity contribution is 0.199. The van der Waals surface area contributed by atoms with Crippen LogP contribution in [0.3, 0.4) is 0 Å². The molecule has 6 rings (SSSR count). The molecule has 0 unspecified atom stereocenters. The quantitative estimate of drug-likeness (QED) is 0.107. The smallest absolute Gasteiger partial charge is 0.285 e. The second-order valence-electron chi connectivity index (χ2n) is 19.6. The molecule has 0 aromatic carbocycles. The second kappa shape index (κ2) is 18.8. The normalized spacial score (nSPS) is 13.3. The van der Waals surface area contributed by atoms with E-state index in [-0.39, 0.29) is 48.5 Å². The highest BCUT2D eigenvalue weighted by Gasteiger charge is 2.23. The molecule has 0 saturated heterocycles. The van der Waals surface area contributed by atoms with Crippen molar-refractivity contribution in [1.29, 1.82) is 0 Å². The Hall–Kier alpha value is -5.37. The van der Waals surface area contributed by atoms with Gasteiger partial charge in [-0.25, -0.2) is 36.5 Å². The van der Waals surface area contributed by atoms with Crippen LogP contribution in [0.5, 0.6) is 0 Å². The van der Waals surface area contributed by atoms with E-state index in [4.69, 9.17) is 8.37 Å². The highest BCUT2D eigenvalue weighted by Crippen LogP contribution is 2.19. The number of rotatable bonds is 20. The number of hydrogen-bond donors (Lipinski definition) is 0. The zero-order chi connectivity index (χ0) is 45.8. The first-order valence-electron chi connectivity index (χ1n) is 20.8. The van der Waals surface area contributed by atoms with Crippen LogP contribution < -0.4 is 0 Å². The maximum atomic E-state index is 12.7. The van der Waals surface area contributed by atoms with Crippen molar-refractivity contribution in [3.8, 4) is 0 Å². The molecule has 0 aliphatic carbocycles. The van der Waals surface area contributed by atoms with Gasteiger partial charge < -0.3 is 0 Å². The average Bonchev–Trinajstić information content (AvgIpc) is 4.00. The molecular weight excluding hydrogens is 833 g/mol. The predicted molar refractivity (Wildman–Crippen MR) is 227 cm³/mol. The third kappa shape index (κ3) is 13.8. The van der Waals surface area contributed by atoms with Crippen molar-refractivity contribution in [1.82, 2.24) is 99.8 Å². The molecule has 6 aromatic rings. The largest absolute Gasteiger partial charge is 0.399 e. The maximum Gasteiger partial charge on any atom is 0.399 e. The average molecular weight is 895 g/mol. The SMILES string of the molecule is CC(C)(C)n1cc(CN(Cc2cn(CCOS(=O)(=O)OCCn3cc(CN(Cc4cn(C(C)(C)C)nn4)Cc4cn(C(C)(C)C)nn4)nn3)nn2)Cc2cn(C(C)(C)C)nn2)nn1. The number of nitrogens with zero attached hydrogens (tertiary/aromatic N) is 20. The highest BCUT2D eigenvalue weighted by molar-refractivity contribution is 7.81. The van der Waals surface area contributed by atoms with Crippen molar-refractivity contribution in [2.45, 2.75) is 158 Å². The molecule has 6 heterocycles. The van der Waals surface area contributed by atoms with Crippen LogP contribution in [-0.4, -0.2) is 121 Å². The van der Waals surface area contributed by atoms with E-state index in [2.05, 4.69) is 155 Å². The lowest BCUT2D eigenvalue weighted by atomic mass is 10.1. The van der Waals surface area contributed by atoms with E-state index < -0.39 is 10.4 Å². The lowest BCUT2D eigenvalue weighted by Gasteiger charge is -2.20. The van der Waals surface area contributed by atoms with Gasteiger partial charge in [-0.2, -0.15) is 8.42 Å². The summed E-state index contributed by atoms with van der Waals surface area (Å²) >= 11 is 0. The zero-order valence-electron chi connectivity index (χ0n) is 38.5. The molecular formula is C38H62N20O4S. The molecule has 24 nitrogen and oxygen atoms in total. The molecule has 0 aliphatic heterocycles. The maximum absolute atomic E-state index is 12.7. The Labute approximate surface area is 368 Å². The van der Waals surface area contributed by atoms with Gasteiger partial charge in [-0.3, -0.25) is 9.80 Å². The van der Waals surface area contributed by atoms with E-state index in [9.17, 15) is 8.42 Å². The van der Waals surface area contributed by atoms with E-state index in [1.807, 2.05) is 43.5 Å². The van der Waals surface area contributed by atoms with Crippen LogP contribution in [0.25, 0.3) is 0 Å². The fourth-order valence-corrected chi connectivity index (χ4v) is 6.67. The van der Waals surface area contributed by atoms with E-state index in [1.54, 1.807) is 12.4 Å². The summed E-state index contributed by atoms with van der Waals surface area (Å²) in [6, 6.07) is 0. The minimum atomic E-state index is -4.32. The molecule has 0 saturated carbocycles. The van der Waals surface area contributed by atoms with Gasteiger partial charge in [0.25, 0.3) is 0 Å². The summed E-state index contributed by atoms with van der Waals surface area (Å²) in [6.45, 7) is 27.3. The molecule has 25 heteroatoms. The minimum Gasteiger partial charge on any atom is -0.285 e. The molecule has 344 valence electrons. The second-order valence-corrected chi connectivity index (χ2v) is 20.9. The van der Waals surface area contributed by atoms with E-state index in [0.717, 1.165) is 22.8 Å². The summed E-state index contributed by atoms with van der Waals surface area (Å²) in [5, 5.41) is 51.9. The molecule has 0 atom stereocenters. The van der Waals surface area contributed by atoms with Gasteiger partial charge in [-0.15, -0.1) is 30.6 Å². The van der Waals surface area contributed by atoms with Gasteiger partial charge in [-0.05, 0) is 83.1 Å². The summed E-state index contributed by atoms with van der Waals surface area (Å²) in [6.07, 6.45) is 11.2. The van der Waals surface area contributed by atoms with Crippen LogP contribution in [0, 0.1) is 0 Å². The fraction of sp³-hybridized carbons (Fsp3) is 0.684. The van der Waals surface area contributed by atoms with Gasteiger partial charge in [0.05, 0.1) is 107 Å². The molecule has 0 amide bonds. The number of aromatic nitrogens is 18. The van der Waals surface area contributed by atoms with Crippen molar-refractivity contribution in [2.24, 2.45) is 0 Å². The van der Waals surface area contributed by atoms with Gasteiger partial charge in [0.15, 0.2) is 0 Å². The Morgan fingerprint density at radius 2 is 0.651 bits per heavy atom. The molecule has 6 aromatic heterocycles. The molecule has 0 radical (unpaired) electrons. The monoisotopic (exact) mass is 894 g/mol. The van der Waals surface area contributed by atoms with Crippen LogP contribution in [0.1, 0.15) is 117 Å². The van der Waals surface area contributed by atoms with Crippen LogP contribution >= 0.6 is 0 Å². The molecule has 0 N–H and O–H groups in total. The molecule has 0 spiro atoms. The van der Waals surface area contributed by atoms with Crippen molar-refractivity contribution in [3.05, 3.63) is 71.3 Å². The van der Waals surface area contributed by atoms with Crippen LogP contribution in [0.2, 0.25) is 0 Å². The summed E-state index contributed by atoms with van der Waals surface area (Å²) < 4.78 is 46.0. The Balaban J connectivity index is 0.993. The molecule has 0 aliphatic rings. The summed E-state index contributed by atoms with van der Waals surface area (Å²) in [5.74, 6) is 0. The standard InChI is InChI=1S/C38H62N20O4S/c1-35(2,3)55-25-31(41-47-55)19-51(20-32-26-56(48-42-32)36(4,5)6)17-29-23-53(45-39-29)13-15-61-63(59,60)62-16-14-54-24-30(40-46-54)18-52(21-33-27-57(49-43-33)37(7,8)9)22-34-28-58(50-44-34)38(10,11)12/h23-28H,13-22H2,1-12H3. The van der Waals surface area contributed by atoms with E-state index >= 15 is 0 Å². The van der Waals surface area contributed by atoms with Crippen LogP contribution in [0.15, 0.2) is 37.2 Å². The first-order chi connectivity index (χ1) is 29.4. The van der Waals surface area contributed by atoms with Crippen molar-refractivity contribution in [3.63, 3.8) is 0 Å². The Morgan fingerprint density at radius 3 is 0.889 bits per heavy atom.